The quantitative estimate of drug-likeness (QED) is 0.619. The molecule has 0 spiro atoms. The van der Waals surface area contributed by atoms with Crippen molar-refractivity contribution in [3.8, 4) is 0 Å². The molecule has 1 rings (SSSR count). The Balaban J connectivity index is 3.73. The number of ether oxygens (including phenoxy) is 1. The van der Waals surface area contributed by atoms with Crippen LogP contribution in [0, 0.1) is 15.9 Å². The van der Waals surface area contributed by atoms with E-state index in [2.05, 4.69) is 0 Å². The van der Waals surface area contributed by atoms with Crippen LogP contribution in [0.2, 0.25) is 0 Å². The number of halogens is 1. The Bertz CT molecular complexity index is 719. The van der Waals surface area contributed by atoms with Crippen molar-refractivity contribution >= 4 is 23.6 Å². The maximum atomic E-state index is 14.0. The van der Waals surface area contributed by atoms with E-state index in [4.69, 9.17) is 4.74 Å². The molecule has 0 fully saturated rings. The van der Waals surface area contributed by atoms with Crippen molar-refractivity contribution in [1.82, 2.24) is 0 Å². The van der Waals surface area contributed by atoms with Crippen LogP contribution >= 0.6 is 0 Å². The van der Waals surface area contributed by atoms with Crippen molar-refractivity contribution < 1.29 is 28.7 Å². The van der Waals surface area contributed by atoms with Crippen molar-refractivity contribution in [3.63, 3.8) is 0 Å². The number of amides is 2. The van der Waals surface area contributed by atoms with Crippen LogP contribution in [-0.2, 0) is 10.2 Å². The van der Waals surface area contributed by atoms with E-state index in [9.17, 15) is 29.2 Å². The third-order valence-corrected chi connectivity index (χ3v) is 3.05. The molecule has 0 aromatic heterocycles. The first-order valence-corrected chi connectivity index (χ1v) is 7.40. The summed E-state index contributed by atoms with van der Waals surface area (Å²) in [5, 5.41) is 20.8. The van der Waals surface area contributed by atoms with Gasteiger partial charge < -0.3 is 9.84 Å². The van der Waals surface area contributed by atoms with Crippen LogP contribution in [0.1, 0.15) is 47.1 Å². The fourth-order valence-corrected chi connectivity index (χ4v) is 2.25. The van der Waals surface area contributed by atoms with E-state index >= 15 is 0 Å². The Hall–Kier alpha value is -2.71. The highest BCUT2D eigenvalue weighted by molar-refractivity contribution is 6.09. The molecule has 1 aromatic rings. The predicted molar refractivity (Wildman–Crippen MR) is 88.5 cm³/mol. The highest BCUT2D eigenvalue weighted by Crippen LogP contribution is 2.41. The number of nitro benzene ring substituents is 1. The standard InChI is InChI=1S/C16H21FN2O6/c1-15(2,3)11-10(8-7-9(17)12(11)19(23)24)18(13(20)21)14(22)25-16(4,5)6/h7-8H,1-6H3,(H,20,21). The first kappa shape index (κ1) is 20.3. The largest absolute Gasteiger partial charge is 0.464 e. The zero-order chi connectivity index (χ0) is 19.7. The molecule has 0 heterocycles. The Kier molecular flexibility index (Phi) is 5.41. The molecule has 1 aromatic carbocycles. The fourth-order valence-electron chi connectivity index (χ4n) is 2.25. The lowest BCUT2D eigenvalue weighted by Crippen LogP contribution is -2.41. The number of rotatable bonds is 2. The maximum Gasteiger partial charge on any atom is 0.424 e. The summed E-state index contributed by atoms with van der Waals surface area (Å²) in [6.45, 7) is 9.28. The Morgan fingerprint density at radius 1 is 1.20 bits per heavy atom. The van der Waals surface area contributed by atoms with Crippen molar-refractivity contribution in [2.75, 3.05) is 4.90 Å². The SMILES string of the molecule is CC(C)(C)OC(=O)N(C(=O)O)c1ccc(F)c([N+](=O)[O-])c1C(C)(C)C. The van der Waals surface area contributed by atoms with Crippen LogP contribution in [0.3, 0.4) is 0 Å². The fraction of sp³-hybridized carbons (Fsp3) is 0.500. The molecule has 0 aliphatic heterocycles. The number of hydrogen-bond acceptors (Lipinski definition) is 5. The predicted octanol–water partition coefficient (Wildman–Crippen LogP) is 4.45. The lowest BCUT2D eigenvalue weighted by molar-refractivity contribution is -0.388. The van der Waals surface area contributed by atoms with Gasteiger partial charge >= 0.3 is 17.9 Å². The van der Waals surface area contributed by atoms with Gasteiger partial charge in [0.2, 0.25) is 5.82 Å². The number of carboxylic acid groups (broad SMARTS) is 1. The molecule has 0 saturated carbocycles. The summed E-state index contributed by atoms with van der Waals surface area (Å²) in [4.78, 5) is 34.6. The van der Waals surface area contributed by atoms with Crippen LogP contribution in [-0.4, -0.2) is 27.8 Å². The molecule has 9 heteroatoms. The first-order chi connectivity index (χ1) is 11.2. The van der Waals surface area contributed by atoms with Gasteiger partial charge in [0.25, 0.3) is 0 Å². The van der Waals surface area contributed by atoms with Crippen molar-refractivity contribution in [2.24, 2.45) is 0 Å². The zero-order valence-electron chi connectivity index (χ0n) is 14.9. The molecule has 2 amide bonds. The van der Waals surface area contributed by atoms with E-state index in [1.165, 1.54) is 0 Å². The molecule has 0 aliphatic carbocycles. The van der Waals surface area contributed by atoms with E-state index in [0.717, 1.165) is 12.1 Å². The number of carbonyl (C=O) groups excluding carboxylic acids is 1. The smallest absolute Gasteiger partial charge is 0.424 e. The van der Waals surface area contributed by atoms with Crippen LogP contribution in [0.15, 0.2) is 12.1 Å². The first-order valence-electron chi connectivity index (χ1n) is 7.40. The second-order valence-electron chi connectivity index (χ2n) is 7.40. The molecular weight excluding hydrogens is 335 g/mol. The van der Waals surface area contributed by atoms with E-state index < -0.39 is 39.6 Å². The van der Waals surface area contributed by atoms with Gasteiger partial charge in [0.15, 0.2) is 0 Å². The number of carbonyl (C=O) groups is 2. The number of nitro groups is 1. The summed E-state index contributed by atoms with van der Waals surface area (Å²) in [6.07, 6.45) is -2.92. The summed E-state index contributed by atoms with van der Waals surface area (Å²) in [7, 11) is 0. The molecule has 0 unspecified atom stereocenters. The molecule has 1 N–H and O–H groups in total. The van der Waals surface area contributed by atoms with E-state index in [1.54, 1.807) is 41.5 Å². The van der Waals surface area contributed by atoms with Crippen molar-refractivity contribution in [3.05, 3.63) is 33.6 Å². The number of anilines is 1. The van der Waals surface area contributed by atoms with Crippen molar-refractivity contribution in [2.45, 2.75) is 52.6 Å². The molecule has 0 radical (unpaired) electrons. The second-order valence-corrected chi connectivity index (χ2v) is 7.40. The Labute approximate surface area is 144 Å². The summed E-state index contributed by atoms with van der Waals surface area (Å²) in [5.41, 5.74) is -3.42. The third-order valence-electron chi connectivity index (χ3n) is 3.05. The molecule has 0 atom stereocenters. The molecular formula is C16H21FN2O6. The van der Waals surface area contributed by atoms with Gasteiger partial charge in [0.1, 0.15) is 5.60 Å². The minimum Gasteiger partial charge on any atom is -0.464 e. The Morgan fingerprint density at radius 2 is 1.72 bits per heavy atom. The molecule has 25 heavy (non-hydrogen) atoms. The summed E-state index contributed by atoms with van der Waals surface area (Å²) < 4.78 is 19.1. The highest BCUT2D eigenvalue weighted by atomic mass is 19.1. The number of hydrogen-bond donors (Lipinski definition) is 1. The zero-order valence-corrected chi connectivity index (χ0v) is 14.9. The monoisotopic (exact) mass is 356 g/mol. The molecule has 0 saturated heterocycles. The van der Waals surface area contributed by atoms with E-state index in [1.807, 2.05) is 0 Å². The number of benzene rings is 1. The average Bonchev–Trinajstić information content (AvgIpc) is 2.35. The Morgan fingerprint density at radius 3 is 2.08 bits per heavy atom. The van der Waals surface area contributed by atoms with Gasteiger partial charge in [-0.25, -0.2) is 9.59 Å². The molecule has 0 bridgehead atoms. The lowest BCUT2D eigenvalue weighted by atomic mass is 9.84. The lowest BCUT2D eigenvalue weighted by Gasteiger charge is -2.29. The highest BCUT2D eigenvalue weighted by Gasteiger charge is 2.38. The van der Waals surface area contributed by atoms with Gasteiger partial charge in [-0.05, 0) is 38.3 Å². The summed E-state index contributed by atoms with van der Waals surface area (Å²) in [6, 6.07) is 1.77. The van der Waals surface area contributed by atoms with E-state index in [-0.39, 0.29) is 16.2 Å². The minimum atomic E-state index is -1.69. The summed E-state index contributed by atoms with van der Waals surface area (Å²) in [5.74, 6) is -1.12. The van der Waals surface area contributed by atoms with Crippen LogP contribution < -0.4 is 4.90 Å². The van der Waals surface area contributed by atoms with Gasteiger partial charge in [0.05, 0.1) is 16.2 Å². The second kappa shape index (κ2) is 6.66. The number of nitrogens with zero attached hydrogens (tertiary/aromatic N) is 2. The average molecular weight is 356 g/mol. The van der Waals surface area contributed by atoms with Crippen LogP contribution in [0.25, 0.3) is 0 Å². The van der Waals surface area contributed by atoms with Gasteiger partial charge in [0, 0.05) is 0 Å². The van der Waals surface area contributed by atoms with Gasteiger partial charge in [-0.3, -0.25) is 10.1 Å². The summed E-state index contributed by atoms with van der Waals surface area (Å²) >= 11 is 0. The topological polar surface area (TPSA) is 110 Å². The molecule has 138 valence electrons. The van der Waals surface area contributed by atoms with E-state index in [0.29, 0.717) is 0 Å². The van der Waals surface area contributed by atoms with Gasteiger partial charge in [-0.1, -0.05) is 20.8 Å². The third kappa shape index (κ3) is 4.65. The normalized spacial score (nSPS) is 11.8. The maximum absolute atomic E-state index is 14.0. The molecule has 8 nitrogen and oxygen atoms in total. The van der Waals surface area contributed by atoms with Crippen LogP contribution in [0.4, 0.5) is 25.4 Å². The van der Waals surface area contributed by atoms with Gasteiger partial charge in [-0.2, -0.15) is 9.29 Å². The minimum absolute atomic E-state index is 0.217. The molecule has 0 aliphatic rings. The van der Waals surface area contributed by atoms with Crippen LogP contribution in [0.5, 0.6) is 0 Å². The van der Waals surface area contributed by atoms with Crippen molar-refractivity contribution in [1.29, 1.82) is 0 Å². The number of imide groups is 1. The van der Waals surface area contributed by atoms with Gasteiger partial charge in [-0.15, -0.1) is 0 Å².